The van der Waals surface area contributed by atoms with Crippen LogP contribution < -0.4 is 5.73 Å². The largest absolute Gasteiger partial charge is 0.345 e. The Bertz CT molecular complexity index is 281. The van der Waals surface area contributed by atoms with Gasteiger partial charge in [-0.05, 0) is 44.7 Å². The van der Waals surface area contributed by atoms with Crippen LogP contribution in [-0.2, 0) is 4.79 Å². The maximum atomic E-state index is 12.4. The lowest BCUT2D eigenvalue weighted by molar-refractivity contribution is -0.136. The van der Waals surface area contributed by atoms with Crippen molar-refractivity contribution in [2.75, 3.05) is 39.8 Å². The van der Waals surface area contributed by atoms with Crippen LogP contribution in [0.2, 0.25) is 0 Å². The molecular formula is C15H29N3O. The standard InChI is InChI=1S/C15H29N3O/c1-17(12-13-4-2-3-5-13)15(19)14-6-9-18(10-7-14)11-8-16/h13-14H,2-12,16H2,1H3. The van der Waals surface area contributed by atoms with Gasteiger partial charge in [0.05, 0.1) is 0 Å². The molecule has 2 fully saturated rings. The molecule has 1 heterocycles. The Morgan fingerprint density at radius 1 is 1.21 bits per heavy atom. The van der Waals surface area contributed by atoms with Gasteiger partial charge in [-0.15, -0.1) is 0 Å². The van der Waals surface area contributed by atoms with Crippen LogP contribution in [0.4, 0.5) is 0 Å². The summed E-state index contributed by atoms with van der Waals surface area (Å²) >= 11 is 0. The van der Waals surface area contributed by atoms with Gasteiger partial charge in [-0.25, -0.2) is 0 Å². The van der Waals surface area contributed by atoms with Crippen LogP contribution in [0.15, 0.2) is 0 Å². The summed E-state index contributed by atoms with van der Waals surface area (Å²) in [5, 5.41) is 0. The summed E-state index contributed by atoms with van der Waals surface area (Å²) in [7, 11) is 1.99. The maximum Gasteiger partial charge on any atom is 0.225 e. The molecule has 4 nitrogen and oxygen atoms in total. The average molecular weight is 267 g/mol. The molecule has 0 aromatic rings. The molecule has 1 aliphatic carbocycles. The Labute approximate surface area is 117 Å². The monoisotopic (exact) mass is 267 g/mol. The lowest BCUT2D eigenvalue weighted by Gasteiger charge is -2.33. The number of carbonyl (C=O) groups is 1. The molecule has 1 saturated heterocycles. The molecule has 2 N–H and O–H groups in total. The number of carbonyl (C=O) groups excluding carboxylic acids is 1. The first kappa shape index (κ1) is 14.8. The van der Waals surface area contributed by atoms with E-state index in [2.05, 4.69) is 4.90 Å². The molecule has 0 aromatic carbocycles. The predicted octanol–water partition coefficient (Wildman–Crippen LogP) is 1.31. The van der Waals surface area contributed by atoms with Gasteiger partial charge in [-0.1, -0.05) is 12.8 Å². The van der Waals surface area contributed by atoms with Gasteiger partial charge in [0.15, 0.2) is 0 Å². The lowest BCUT2D eigenvalue weighted by Crippen LogP contribution is -2.43. The third-order valence-corrected chi connectivity index (χ3v) is 4.77. The zero-order valence-corrected chi connectivity index (χ0v) is 12.3. The minimum Gasteiger partial charge on any atom is -0.345 e. The second-order valence-corrected chi connectivity index (χ2v) is 6.27. The van der Waals surface area contributed by atoms with Gasteiger partial charge in [0.2, 0.25) is 5.91 Å². The molecule has 19 heavy (non-hydrogen) atoms. The number of rotatable bonds is 5. The second-order valence-electron chi connectivity index (χ2n) is 6.27. The van der Waals surface area contributed by atoms with E-state index >= 15 is 0 Å². The van der Waals surface area contributed by atoms with Gasteiger partial charge in [0.25, 0.3) is 0 Å². The first-order valence-corrected chi connectivity index (χ1v) is 7.88. The van der Waals surface area contributed by atoms with E-state index in [0.717, 1.165) is 51.5 Å². The lowest BCUT2D eigenvalue weighted by atomic mass is 9.95. The molecule has 1 aliphatic heterocycles. The fourth-order valence-electron chi connectivity index (χ4n) is 3.57. The molecule has 4 heteroatoms. The molecule has 0 radical (unpaired) electrons. The number of amides is 1. The van der Waals surface area contributed by atoms with E-state index in [-0.39, 0.29) is 5.92 Å². The quantitative estimate of drug-likeness (QED) is 0.817. The van der Waals surface area contributed by atoms with Gasteiger partial charge < -0.3 is 15.5 Å². The highest BCUT2D eigenvalue weighted by Gasteiger charge is 2.28. The molecule has 0 aromatic heterocycles. The molecular weight excluding hydrogens is 238 g/mol. The predicted molar refractivity (Wildman–Crippen MR) is 77.8 cm³/mol. The maximum absolute atomic E-state index is 12.4. The number of hydrogen-bond acceptors (Lipinski definition) is 3. The second kappa shape index (κ2) is 7.25. The highest BCUT2D eigenvalue weighted by Crippen LogP contribution is 2.26. The summed E-state index contributed by atoms with van der Waals surface area (Å²) in [6, 6.07) is 0. The van der Waals surface area contributed by atoms with Gasteiger partial charge in [-0.3, -0.25) is 4.79 Å². The number of piperidine rings is 1. The molecule has 110 valence electrons. The number of nitrogens with zero attached hydrogens (tertiary/aromatic N) is 2. The molecule has 1 saturated carbocycles. The Morgan fingerprint density at radius 3 is 2.42 bits per heavy atom. The fourth-order valence-corrected chi connectivity index (χ4v) is 3.57. The van der Waals surface area contributed by atoms with E-state index in [1.165, 1.54) is 25.7 Å². The van der Waals surface area contributed by atoms with E-state index in [0.29, 0.717) is 5.91 Å². The van der Waals surface area contributed by atoms with Crippen LogP contribution in [0, 0.1) is 11.8 Å². The topological polar surface area (TPSA) is 49.6 Å². The molecule has 0 unspecified atom stereocenters. The summed E-state index contributed by atoms with van der Waals surface area (Å²) in [5.74, 6) is 1.38. The molecule has 2 rings (SSSR count). The summed E-state index contributed by atoms with van der Waals surface area (Å²) in [6.07, 6.45) is 7.34. The van der Waals surface area contributed by atoms with Crippen molar-refractivity contribution in [2.45, 2.75) is 38.5 Å². The van der Waals surface area contributed by atoms with E-state index in [9.17, 15) is 4.79 Å². The van der Waals surface area contributed by atoms with Crippen LogP contribution in [0.3, 0.4) is 0 Å². The van der Waals surface area contributed by atoms with E-state index in [1.54, 1.807) is 0 Å². The van der Waals surface area contributed by atoms with Gasteiger partial charge in [0.1, 0.15) is 0 Å². The van der Waals surface area contributed by atoms with Crippen LogP contribution in [0.25, 0.3) is 0 Å². The average Bonchev–Trinajstić information content (AvgIpc) is 2.92. The van der Waals surface area contributed by atoms with Crippen molar-refractivity contribution in [1.29, 1.82) is 0 Å². The van der Waals surface area contributed by atoms with Gasteiger partial charge in [0, 0.05) is 32.6 Å². The van der Waals surface area contributed by atoms with Crippen LogP contribution >= 0.6 is 0 Å². The highest BCUT2D eigenvalue weighted by atomic mass is 16.2. The van der Waals surface area contributed by atoms with Crippen LogP contribution in [0.1, 0.15) is 38.5 Å². The third-order valence-electron chi connectivity index (χ3n) is 4.77. The minimum absolute atomic E-state index is 0.250. The van der Waals surface area contributed by atoms with E-state index in [1.807, 2.05) is 11.9 Å². The Hall–Kier alpha value is -0.610. The van der Waals surface area contributed by atoms with Crippen LogP contribution in [0.5, 0.6) is 0 Å². The third kappa shape index (κ3) is 4.18. The molecule has 0 spiro atoms. The SMILES string of the molecule is CN(CC1CCCC1)C(=O)C1CCN(CCN)CC1. The van der Waals surface area contributed by atoms with Crippen molar-refractivity contribution >= 4 is 5.91 Å². The summed E-state index contributed by atoms with van der Waals surface area (Å²) in [6.45, 7) is 4.73. The zero-order valence-electron chi connectivity index (χ0n) is 12.3. The fraction of sp³-hybridized carbons (Fsp3) is 0.933. The van der Waals surface area contributed by atoms with Crippen molar-refractivity contribution in [1.82, 2.24) is 9.80 Å². The van der Waals surface area contributed by atoms with Crippen molar-refractivity contribution in [3.05, 3.63) is 0 Å². The smallest absolute Gasteiger partial charge is 0.225 e. The summed E-state index contributed by atoms with van der Waals surface area (Å²) in [4.78, 5) is 16.8. The first-order valence-electron chi connectivity index (χ1n) is 7.88. The molecule has 1 amide bonds. The number of nitrogens with two attached hydrogens (primary N) is 1. The number of hydrogen-bond donors (Lipinski definition) is 1. The van der Waals surface area contributed by atoms with Crippen molar-refractivity contribution < 1.29 is 4.79 Å². The molecule has 2 aliphatic rings. The number of likely N-dealkylation sites (tertiary alicyclic amines) is 1. The minimum atomic E-state index is 0.250. The van der Waals surface area contributed by atoms with E-state index < -0.39 is 0 Å². The van der Waals surface area contributed by atoms with Gasteiger partial charge >= 0.3 is 0 Å². The van der Waals surface area contributed by atoms with E-state index in [4.69, 9.17) is 5.73 Å². The van der Waals surface area contributed by atoms with Crippen molar-refractivity contribution in [2.24, 2.45) is 17.6 Å². The van der Waals surface area contributed by atoms with Crippen molar-refractivity contribution in [3.63, 3.8) is 0 Å². The Morgan fingerprint density at radius 2 is 1.84 bits per heavy atom. The Kier molecular flexibility index (Phi) is 5.64. The highest BCUT2D eigenvalue weighted by molar-refractivity contribution is 5.78. The van der Waals surface area contributed by atoms with Gasteiger partial charge in [-0.2, -0.15) is 0 Å². The zero-order chi connectivity index (χ0) is 13.7. The van der Waals surface area contributed by atoms with Crippen LogP contribution in [-0.4, -0.2) is 55.5 Å². The Balaban J connectivity index is 1.73. The normalized spacial score (nSPS) is 22.8. The van der Waals surface area contributed by atoms with Crippen molar-refractivity contribution in [3.8, 4) is 0 Å². The summed E-state index contributed by atoms with van der Waals surface area (Å²) in [5.41, 5.74) is 5.58. The first-order chi connectivity index (χ1) is 9.20. The summed E-state index contributed by atoms with van der Waals surface area (Å²) < 4.78 is 0. The molecule has 0 bridgehead atoms. The molecule has 0 atom stereocenters.